The first-order valence-electron chi connectivity index (χ1n) is 8.65. The molecule has 4 rings (SSSR count). The smallest absolute Gasteiger partial charge is 0.315 e. The summed E-state index contributed by atoms with van der Waals surface area (Å²) in [4.78, 5) is 28.2. The highest BCUT2D eigenvalue weighted by atomic mass is 19.4. The Hall–Kier alpha value is -3.30. The number of fused-ring (bicyclic) bond motifs is 1. The SMILES string of the molecule is O=C(Nc1cnc2n1CCCC2)c1cnc(-c2ccccn2)nc1C(F)(F)F. The molecule has 1 aliphatic heterocycles. The molecule has 0 fully saturated rings. The number of hydrogen-bond acceptors (Lipinski definition) is 5. The van der Waals surface area contributed by atoms with Crippen molar-refractivity contribution in [2.45, 2.75) is 32.0 Å². The Kier molecular flexibility index (Phi) is 4.54. The lowest BCUT2D eigenvalue weighted by molar-refractivity contribution is -0.141. The second kappa shape index (κ2) is 7.02. The Labute approximate surface area is 157 Å². The maximum Gasteiger partial charge on any atom is 0.434 e. The molecule has 0 radical (unpaired) electrons. The largest absolute Gasteiger partial charge is 0.434 e. The van der Waals surface area contributed by atoms with E-state index < -0.39 is 23.3 Å². The van der Waals surface area contributed by atoms with Crippen molar-refractivity contribution in [2.75, 3.05) is 5.32 Å². The number of nitrogens with zero attached hydrogens (tertiary/aromatic N) is 5. The van der Waals surface area contributed by atoms with E-state index in [2.05, 4.69) is 25.3 Å². The summed E-state index contributed by atoms with van der Waals surface area (Å²) in [5.74, 6) is 0.0281. The number of halogens is 3. The quantitative estimate of drug-likeness (QED) is 0.744. The first kappa shape index (κ1) is 18.1. The fraction of sp³-hybridized carbons (Fsp3) is 0.278. The van der Waals surface area contributed by atoms with Crippen LogP contribution in [0.3, 0.4) is 0 Å². The minimum absolute atomic E-state index is 0.185. The van der Waals surface area contributed by atoms with E-state index in [9.17, 15) is 18.0 Å². The van der Waals surface area contributed by atoms with Crippen LogP contribution >= 0.6 is 0 Å². The van der Waals surface area contributed by atoms with Crippen LogP contribution in [0.1, 0.15) is 34.7 Å². The van der Waals surface area contributed by atoms with Gasteiger partial charge in [-0.25, -0.2) is 15.0 Å². The second-order valence-electron chi connectivity index (χ2n) is 6.29. The van der Waals surface area contributed by atoms with Crippen molar-refractivity contribution in [1.29, 1.82) is 0 Å². The number of alkyl halides is 3. The van der Waals surface area contributed by atoms with Gasteiger partial charge in [-0.3, -0.25) is 9.78 Å². The number of nitrogens with one attached hydrogen (secondary N) is 1. The lowest BCUT2D eigenvalue weighted by Gasteiger charge is -2.17. The summed E-state index contributed by atoms with van der Waals surface area (Å²) in [5.41, 5.74) is -1.78. The number of hydrogen-bond donors (Lipinski definition) is 1. The minimum Gasteiger partial charge on any atom is -0.315 e. The molecule has 0 bridgehead atoms. The summed E-state index contributed by atoms with van der Waals surface area (Å²) < 4.78 is 42.4. The van der Waals surface area contributed by atoms with Crippen molar-refractivity contribution >= 4 is 11.7 Å². The highest BCUT2D eigenvalue weighted by Gasteiger charge is 2.38. The van der Waals surface area contributed by atoms with E-state index in [4.69, 9.17) is 0 Å². The van der Waals surface area contributed by atoms with E-state index >= 15 is 0 Å². The van der Waals surface area contributed by atoms with Crippen LogP contribution in [0.15, 0.2) is 36.8 Å². The zero-order valence-corrected chi connectivity index (χ0v) is 14.6. The molecule has 28 heavy (non-hydrogen) atoms. The Morgan fingerprint density at radius 1 is 1.11 bits per heavy atom. The number of carbonyl (C=O) groups excluding carboxylic acids is 1. The van der Waals surface area contributed by atoms with Crippen molar-refractivity contribution in [1.82, 2.24) is 24.5 Å². The van der Waals surface area contributed by atoms with E-state index in [1.54, 1.807) is 16.7 Å². The molecule has 0 saturated carbocycles. The summed E-state index contributed by atoms with van der Waals surface area (Å²) in [6.45, 7) is 0.659. The van der Waals surface area contributed by atoms with Gasteiger partial charge in [0.05, 0.1) is 11.8 Å². The van der Waals surface area contributed by atoms with Gasteiger partial charge < -0.3 is 9.88 Å². The molecule has 0 spiro atoms. The molecule has 0 aliphatic carbocycles. The van der Waals surface area contributed by atoms with Crippen molar-refractivity contribution in [3.8, 4) is 11.5 Å². The number of imidazole rings is 1. The van der Waals surface area contributed by atoms with Crippen LogP contribution in [0.2, 0.25) is 0 Å². The lowest BCUT2D eigenvalue weighted by atomic mass is 10.1. The first-order valence-corrected chi connectivity index (χ1v) is 8.65. The molecular formula is C18H15F3N6O. The zero-order valence-electron chi connectivity index (χ0n) is 14.6. The van der Waals surface area contributed by atoms with Gasteiger partial charge >= 0.3 is 6.18 Å². The molecule has 144 valence electrons. The average molecular weight is 388 g/mol. The van der Waals surface area contributed by atoms with E-state index in [1.165, 1.54) is 18.5 Å². The van der Waals surface area contributed by atoms with Gasteiger partial charge in [0.1, 0.15) is 17.3 Å². The Morgan fingerprint density at radius 2 is 1.96 bits per heavy atom. The van der Waals surface area contributed by atoms with Gasteiger partial charge in [-0.05, 0) is 25.0 Å². The molecule has 0 saturated heterocycles. The summed E-state index contributed by atoms with van der Waals surface area (Å²) in [5, 5.41) is 2.50. The monoisotopic (exact) mass is 388 g/mol. The first-order chi connectivity index (χ1) is 13.4. The van der Waals surface area contributed by atoms with Crippen LogP contribution in [0.25, 0.3) is 11.5 Å². The van der Waals surface area contributed by atoms with Crippen molar-refractivity contribution in [2.24, 2.45) is 0 Å². The number of carbonyl (C=O) groups is 1. The number of anilines is 1. The van der Waals surface area contributed by atoms with E-state index in [0.717, 1.165) is 31.3 Å². The topological polar surface area (TPSA) is 85.6 Å². The summed E-state index contributed by atoms with van der Waals surface area (Å²) >= 11 is 0. The van der Waals surface area contributed by atoms with Gasteiger partial charge in [0.2, 0.25) is 0 Å². The van der Waals surface area contributed by atoms with Gasteiger partial charge in [-0.2, -0.15) is 13.2 Å². The molecular weight excluding hydrogens is 373 g/mol. The van der Waals surface area contributed by atoms with Crippen molar-refractivity contribution < 1.29 is 18.0 Å². The van der Waals surface area contributed by atoms with Crippen molar-refractivity contribution in [3.05, 3.63) is 53.9 Å². The molecule has 4 heterocycles. The lowest BCUT2D eigenvalue weighted by Crippen LogP contribution is -2.23. The predicted octanol–water partition coefficient (Wildman–Crippen LogP) is 3.34. The van der Waals surface area contributed by atoms with Gasteiger partial charge in [-0.1, -0.05) is 6.07 Å². The number of aromatic nitrogens is 5. The molecule has 3 aromatic rings. The maximum atomic E-state index is 13.5. The van der Waals surface area contributed by atoms with Crippen LogP contribution in [0.5, 0.6) is 0 Å². The number of aryl methyl sites for hydroxylation is 1. The summed E-state index contributed by atoms with van der Waals surface area (Å²) in [6.07, 6.45) is 1.61. The fourth-order valence-electron chi connectivity index (χ4n) is 3.08. The molecule has 1 aliphatic rings. The van der Waals surface area contributed by atoms with Crippen LogP contribution < -0.4 is 5.32 Å². The van der Waals surface area contributed by atoms with Gasteiger partial charge in [0, 0.05) is 25.4 Å². The molecule has 0 aromatic carbocycles. The highest BCUT2D eigenvalue weighted by molar-refractivity contribution is 6.04. The third-order valence-electron chi connectivity index (χ3n) is 4.41. The van der Waals surface area contributed by atoms with Crippen LogP contribution in [0.4, 0.5) is 19.0 Å². The fourth-order valence-corrected chi connectivity index (χ4v) is 3.08. The molecule has 0 atom stereocenters. The van der Waals surface area contributed by atoms with Gasteiger partial charge in [-0.15, -0.1) is 0 Å². The molecule has 3 aromatic heterocycles. The van der Waals surface area contributed by atoms with E-state index in [1.807, 2.05) is 0 Å². The Balaban J connectivity index is 1.68. The third kappa shape index (κ3) is 3.45. The number of rotatable bonds is 3. The zero-order chi connectivity index (χ0) is 19.7. The summed E-state index contributed by atoms with van der Waals surface area (Å²) in [6, 6.07) is 4.73. The van der Waals surface area contributed by atoms with Crippen LogP contribution in [0, 0.1) is 0 Å². The number of pyridine rings is 1. The molecule has 1 amide bonds. The van der Waals surface area contributed by atoms with E-state index in [0.29, 0.717) is 12.4 Å². The predicted molar refractivity (Wildman–Crippen MR) is 93.4 cm³/mol. The second-order valence-corrected chi connectivity index (χ2v) is 6.29. The van der Waals surface area contributed by atoms with Crippen LogP contribution in [-0.4, -0.2) is 30.4 Å². The molecule has 10 heteroatoms. The number of amides is 1. The third-order valence-corrected chi connectivity index (χ3v) is 4.41. The van der Waals surface area contributed by atoms with Crippen molar-refractivity contribution in [3.63, 3.8) is 0 Å². The molecule has 7 nitrogen and oxygen atoms in total. The van der Waals surface area contributed by atoms with E-state index in [-0.39, 0.29) is 11.5 Å². The average Bonchev–Trinajstić information content (AvgIpc) is 3.10. The molecule has 0 unspecified atom stereocenters. The highest BCUT2D eigenvalue weighted by Crippen LogP contribution is 2.32. The standard InChI is InChI=1S/C18H15F3N6O/c19-18(20,21)15-11(9-24-16(26-15)12-5-1-3-7-22-12)17(28)25-14-10-23-13-6-2-4-8-27(13)14/h1,3,5,7,9-10H,2,4,6,8H2,(H,25,28). The summed E-state index contributed by atoms with van der Waals surface area (Å²) in [7, 11) is 0. The van der Waals surface area contributed by atoms with Crippen LogP contribution in [-0.2, 0) is 19.1 Å². The van der Waals surface area contributed by atoms with Gasteiger partial charge in [0.25, 0.3) is 5.91 Å². The minimum atomic E-state index is -4.82. The molecule has 1 N–H and O–H groups in total. The normalized spacial score (nSPS) is 13.8. The Morgan fingerprint density at radius 3 is 2.71 bits per heavy atom. The van der Waals surface area contributed by atoms with Gasteiger partial charge in [0.15, 0.2) is 11.5 Å². The Bertz CT molecular complexity index is 1020. The maximum absolute atomic E-state index is 13.5.